The van der Waals surface area contributed by atoms with Crippen LogP contribution in [-0.4, -0.2) is 48.9 Å². The summed E-state index contributed by atoms with van der Waals surface area (Å²) in [5.41, 5.74) is 14.8. The highest BCUT2D eigenvalue weighted by molar-refractivity contribution is 6.05. The van der Waals surface area contributed by atoms with E-state index in [1.807, 2.05) is 48.5 Å². The van der Waals surface area contributed by atoms with Gasteiger partial charge in [-0.15, -0.1) is 0 Å². The lowest BCUT2D eigenvalue weighted by molar-refractivity contribution is 0.0986. The van der Waals surface area contributed by atoms with Crippen molar-refractivity contribution >= 4 is 17.3 Å². The average Bonchev–Trinajstić information content (AvgIpc) is 3.92. The number of nitrogens with zero attached hydrogens (tertiary/aromatic N) is 1. The normalized spacial score (nSPS) is 17.0. The first-order chi connectivity index (χ1) is 23.3. The van der Waals surface area contributed by atoms with Gasteiger partial charge < -0.3 is 30.3 Å². The van der Waals surface area contributed by atoms with E-state index in [4.69, 9.17) is 25.2 Å². The number of nitrogens with two attached hydrogens (primary N) is 1. The molecule has 0 aromatic heterocycles. The van der Waals surface area contributed by atoms with Gasteiger partial charge in [-0.25, -0.2) is 0 Å². The molecule has 9 heteroatoms. The molecule has 4 aliphatic carbocycles. The molecular weight excluding hydrogens is 608 g/mol. The molecule has 0 bridgehead atoms. The molecule has 0 radical (unpaired) electrons. The summed E-state index contributed by atoms with van der Waals surface area (Å²) in [6.45, 7) is 0. The van der Waals surface area contributed by atoms with Gasteiger partial charge in [0, 0.05) is 52.3 Å². The van der Waals surface area contributed by atoms with Crippen molar-refractivity contribution in [3.8, 4) is 23.0 Å². The summed E-state index contributed by atoms with van der Waals surface area (Å²) >= 11 is 0. The number of fused-ring (bicyclic) bond motifs is 4. The van der Waals surface area contributed by atoms with Gasteiger partial charge in [0.15, 0.2) is 11.6 Å². The standard InChI is InChI=1S/C10H11NO2.C10H13NO.C10H10O2.C9H8O2/c1-13-10-4-2-3-7-8(10)5-6-9(7)11-12;2*1-12-10-4-2-3-7-8(10)5-6-9(7)11;10-8-3-1-2-6-7(8)4-5-9(6)11/h2-4,12H,5-6H2,1H3;2-4,9H,5-6,11H2,1H3;2-4H,5-6H2,1H3;1-3,10H,4-5H2/b11-9+;;;. The fourth-order valence-corrected chi connectivity index (χ4v) is 6.73. The number of aromatic hydroxyl groups is 1. The van der Waals surface area contributed by atoms with Gasteiger partial charge in [-0.05, 0) is 73.9 Å². The predicted octanol–water partition coefficient (Wildman–Crippen LogP) is 6.81. The van der Waals surface area contributed by atoms with Gasteiger partial charge in [-0.3, -0.25) is 9.59 Å². The molecule has 1 unspecified atom stereocenters. The number of hydrogen-bond acceptors (Lipinski definition) is 9. The molecular formula is C39H42N2O7. The number of phenols is 1. The Morgan fingerprint density at radius 1 is 0.604 bits per heavy atom. The molecule has 8 rings (SSSR count). The Hall–Kier alpha value is -5.15. The predicted molar refractivity (Wildman–Crippen MR) is 184 cm³/mol. The van der Waals surface area contributed by atoms with Crippen LogP contribution in [-0.2, 0) is 25.7 Å². The van der Waals surface area contributed by atoms with Crippen molar-refractivity contribution in [1.29, 1.82) is 0 Å². The molecule has 4 aromatic carbocycles. The largest absolute Gasteiger partial charge is 0.508 e. The molecule has 0 aliphatic heterocycles. The molecule has 0 heterocycles. The molecule has 48 heavy (non-hydrogen) atoms. The minimum absolute atomic E-state index is 0.149. The highest BCUT2D eigenvalue weighted by Crippen LogP contribution is 2.35. The van der Waals surface area contributed by atoms with E-state index < -0.39 is 0 Å². The summed E-state index contributed by atoms with van der Waals surface area (Å²) in [4.78, 5) is 22.4. The van der Waals surface area contributed by atoms with Gasteiger partial charge in [-0.1, -0.05) is 53.7 Å². The zero-order chi connectivity index (χ0) is 34.2. The molecule has 4 aliphatic rings. The molecule has 0 spiro atoms. The monoisotopic (exact) mass is 650 g/mol. The zero-order valence-corrected chi connectivity index (χ0v) is 27.6. The van der Waals surface area contributed by atoms with E-state index >= 15 is 0 Å². The van der Waals surface area contributed by atoms with Crippen molar-refractivity contribution in [3.63, 3.8) is 0 Å². The third kappa shape index (κ3) is 7.21. The van der Waals surface area contributed by atoms with Gasteiger partial charge in [0.1, 0.15) is 23.0 Å². The highest BCUT2D eigenvalue weighted by atomic mass is 16.5. The number of hydrogen-bond donors (Lipinski definition) is 3. The minimum atomic E-state index is 0.149. The summed E-state index contributed by atoms with van der Waals surface area (Å²) in [6.07, 6.45) is 6.52. The smallest absolute Gasteiger partial charge is 0.163 e. The number of ether oxygens (including phenoxy) is 3. The number of phenolic OH excluding ortho intramolecular Hbond substituents is 1. The minimum Gasteiger partial charge on any atom is -0.508 e. The second-order valence-corrected chi connectivity index (χ2v) is 11.8. The molecule has 250 valence electrons. The van der Waals surface area contributed by atoms with E-state index in [2.05, 4.69) is 11.2 Å². The van der Waals surface area contributed by atoms with Crippen LogP contribution < -0.4 is 19.9 Å². The number of methoxy groups -OCH3 is 3. The van der Waals surface area contributed by atoms with Crippen LogP contribution >= 0.6 is 0 Å². The second kappa shape index (κ2) is 15.6. The van der Waals surface area contributed by atoms with Gasteiger partial charge in [0.05, 0.1) is 27.0 Å². The number of oxime groups is 1. The Bertz CT molecular complexity index is 1830. The summed E-state index contributed by atoms with van der Waals surface area (Å²) in [5.74, 6) is 3.36. The van der Waals surface area contributed by atoms with Crippen LogP contribution in [0.25, 0.3) is 0 Å². The summed E-state index contributed by atoms with van der Waals surface area (Å²) in [5, 5.41) is 21.3. The van der Waals surface area contributed by atoms with Crippen LogP contribution in [0.2, 0.25) is 0 Å². The molecule has 9 nitrogen and oxygen atoms in total. The van der Waals surface area contributed by atoms with Crippen molar-refractivity contribution < 1.29 is 34.1 Å². The van der Waals surface area contributed by atoms with Crippen LogP contribution in [0.3, 0.4) is 0 Å². The fraction of sp³-hybridized carbons (Fsp3) is 0.308. The Morgan fingerprint density at radius 2 is 1.08 bits per heavy atom. The van der Waals surface area contributed by atoms with Crippen LogP contribution in [0.5, 0.6) is 23.0 Å². The SMILES string of the molecule is COc1cccc2c1CC/C2=N\O.COc1cccc2c1CCC2=O.COc1cccc2c1CCC2N.O=C1CCc2c(O)cccc21. The molecule has 0 fully saturated rings. The Labute approximate surface area is 281 Å². The number of ketones is 2. The maximum absolute atomic E-state index is 11.3. The molecule has 0 saturated carbocycles. The third-order valence-electron chi connectivity index (χ3n) is 9.20. The number of benzene rings is 4. The lowest BCUT2D eigenvalue weighted by atomic mass is 10.1. The zero-order valence-electron chi connectivity index (χ0n) is 27.6. The van der Waals surface area contributed by atoms with Crippen molar-refractivity contribution in [3.05, 3.63) is 117 Å². The molecule has 1 atom stereocenters. The summed E-state index contributed by atoms with van der Waals surface area (Å²) in [7, 11) is 5.00. The molecule has 4 aromatic rings. The average molecular weight is 651 g/mol. The van der Waals surface area contributed by atoms with Gasteiger partial charge in [0.25, 0.3) is 0 Å². The lowest BCUT2D eigenvalue weighted by Crippen LogP contribution is -2.04. The van der Waals surface area contributed by atoms with E-state index in [1.54, 1.807) is 39.5 Å². The fourth-order valence-electron chi connectivity index (χ4n) is 6.73. The molecule has 0 saturated heterocycles. The first kappa shape index (κ1) is 34.2. The summed E-state index contributed by atoms with van der Waals surface area (Å²) < 4.78 is 15.6. The maximum atomic E-state index is 11.3. The number of carbonyl (C=O) groups excluding carboxylic acids is 2. The molecule has 4 N–H and O–H groups in total. The van der Waals surface area contributed by atoms with Crippen molar-refractivity contribution in [1.82, 2.24) is 0 Å². The number of Topliss-reactive ketones (excluding diaryl/α,β-unsaturated/α-hetero) is 2. The second-order valence-electron chi connectivity index (χ2n) is 11.8. The number of carbonyl (C=O) groups is 2. The Kier molecular flexibility index (Phi) is 11.1. The first-order valence-electron chi connectivity index (χ1n) is 16.1. The van der Waals surface area contributed by atoms with E-state index in [9.17, 15) is 14.7 Å². The van der Waals surface area contributed by atoms with Crippen LogP contribution in [0.4, 0.5) is 0 Å². The van der Waals surface area contributed by atoms with Crippen molar-refractivity contribution in [2.75, 3.05) is 21.3 Å². The van der Waals surface area contributed by atoms with Crippen LogP contribution in [0, 0.1) is 0 Å². The van der Waals surface area contributed by atoms with Gasteiger partial charge in [-0.2, -0.15) is 0 Å². The van der Waals surface area contributed by atoms with E-state index in [1.165, 1.54) is 11.1 Å². The Morgan fingerprint density at radius 3 is 1.67 bits per heavy atom. The molecule has 0 amide bonds. The van der Waals surface area contributed by atoms with Crippen LogP contribution in [0.1, 0.15) is 85.8 Å². The van der Waals surface area contributed by atoms with E-state index in [0.29, 0.717) is 24.8 Å². The van der Waals surface area contributed by atoms with Gasteiger partial charge in [0.2, 0.25) is 0 Å². The third-order valence-corrected chi connectivity index (χ3v) is 9.20. The first-order valence-corrected chi connectivity index (χ1v) is 16.1. The number of rotatable bonds is 3. The van der Waals surface area contributed by atoms with Gasteiger partial charge >= 0.3 is 0 Å². The Balaban J connectivity index is 0.000000125. The van der Waals surface area contributed by atoms with Crippen LogP contribution in [0.15, 0.2) is 78.0 Å². The topological polar surface area (TPSA) is 141 Å². The van der Waals surface area contributed by atoms with Crippen molar-refractivity contribution in [2.45, 2.75) is 57.4 Å². The maximum Gasteiger partial charge on any atom is 0.163 e. The highest BCUT2D eigenvalue weighted by Gasteiger charge is 2.24. The summed E-state index contributed by atoms with van der Waals surface area (Å²) in [6, 6.07) is 22.8. The van der Waals surface area contributed by atoms with E-state index in [0.717, 1.165) is 82.9 Å². The van der Waals surface area contributed by atoms with Crippen molar-refractivity contribution in [2.24, 2.45) is 10.9 Å². The van der Waals surface area contributed by atoms with E-state index in [-0.39, 0.29) is 23.4 Å². The lowest BCUT2D eigenvalue weighted by Gasteiger charge is -2.07. The quantitative estimate of drug-likeness (QED) is 0.162.